The second-order valence-electron chi connectivity index (χ2n) is 6.27. The van der Waals surface area contributed by atoms with Crippen LogP contribution in [0, 0.1) is 5.92 Å². The van der Waals surface area contributed by atoms with E-state index in [9.17, 15) is 4.79 Å². The molecule has 0 saturated carbocycles. The van der Waals surface area contributed by atoms with Crippen molar-refractivity contribution >= 4 is 17.2 Å². The third-order valence-electron chi connectivity index (χ3n) is 3.74. The molecule has 0 aromatic carbocycles. The number of hydrogen-bond donors (Lipinski definition) is 1. The third-order valence-corrected chi connectivity index (χ3v) is 4.92. The van der Waals surface area contributed by atoms with Gasteiger partial charge in [0.1, 0.15) is 11.5 Å². The van der Waals surface area contributed by atoms with Gasteiger partial charge in [0.25, 0.3) is 5.91 Å². The smallest absolute Gasteiger partial charge is 0.261 e. The van der Waals surface area contributed by atoms with Crippen molar-refractivity contribution in [3.63, 3.8) is 0 Å². The highest BCUT2D eigenvalue weighted by Crippen LogP contribution is 2.33. The zero-order valence-electron chi connectivity index (χ0n) is 13.5. The quantitative estimate of drug-likeness (QED) is 0.874. The van der Waals surface area contributed by atoms with Crippen molar-refractivity contribution in [1.82, 2.24) is 10.5 Å². The van der Waals surface area contributed by atoms with E-state index in [2.05, 4.69) is 24.3 Å². The van der Waals surface area contributed by atoms with E-state index in [1.807, 2.05) is 18.2 Å². The number of aromatic nitrogens is 1. The van der Waals surface area contributed by atoms with E-state index in [4.69, 9.17) is 9.26 Å². The van der Waals surface area contributed by atoms with Crippen molar-refractivity contribution in [1.29, 1.82) is 0 Å². The fourth-order valence-electron chi connectivity index (χ4n) is 2.65. The Balaban J connectivity index is 1.53. The van der Waals surface area contributed by atoms with Crippen LogP contribution in [0.5, 0.6) is 0 Å². The standard InChI is InChI=1S/C17H22N2O3S/c1-11(2)8-13-9-12(19-22-13)10-18-17(20)16-6-5-15(23-16)14-4-3-7-21-14/h5-6,9,11,14H,3-4,7-8,10H2,1-2H3,(H,18,20)/t14-/m0/s1. The molecule has 23 heavy (non-hydrogen) atoms. The van der Waals surface area contributed by atoms with Crippen LogP contribution in [0.4, 0.5) is 0 Å². The van der Waals surface area contributed by atoms with Crippen LogP contribution in [0.2, 0.25) is 0 Å². The molecule has 3 heterocycles. The fourth-order valence-corrected chi connectivity index (χ4v) is 3.65. The van der Waals surface area contributed by atoms with E-state index in [0.29, 0.717) is 17.3 Å². The van der Waals surface area contributed by atoms with E-state index in [-0.39, 0.29) is 12.0 Å². The number of thiophene rings is 1. The maximum Gasteiger partial charge on any atom is 0.261 e. The van der Waals surface area contributed by atoms with Crippen molar-refractivity contribution in [2.75, 3.05) is 6.61 Å². The van der Waals surface area contributed by atoms with Crippen LogP contribution >= 0.6 is 11.3 Å². The molecule has 3 rings (SSSR count). The summed E-state index contributed by atoms with van der Waals surface area (Å²) in [7, 11) is 0. The van der Waals surface area contributed by atoms with Gasteiger partial charge in [0.15, 0.2) is 0 Å². The summed E-state index contributed by atoms with van der Waals surface area (Å²) in [6.07, 6.45) is 3.15. The Kier molecular flexibility index (Phi) is 5.13. The predicted molar refractivity (Wildman–Crippen MR) is 88.5 cm³/mol. The lowest BCUT2D eigenvalue weighted by atomic mass is 10.1. The van der Waals surface area contributed by atoms with Crippen molar-refractivity contribution < 1.29 is 14.1 Å². The number of ether oxygens (including phenoxy) is 1. The Morgan fingerprint density at radius 1 is 1.48 bits per heavy atom. The summed E-state index contributed by atoms with van der Waals surface area (Å²) in [4.78, 5) is 14.1. The fraction of sp³-hybridized carbons (Fsp3) is 0.529. The van der Waals surface area contributed by atoms with Gasteiger partial charge in [-0.1, -0.05) is 19.0 Å². The number of nitrogens with zero attached hydrogens (tertiary/aromatic N) is 1. The summed E-state index contributed by atoms with van der Waals surface area (Å²) in [5, 5.41) is 6.89. The molecule has 1 amide bonds. The van der Waals surface area contributed by atoms with Crippen molar-refractivity contribution in [3.8, 4) is 0 Å². The zero-order valence-corrected chi connectivity index (χ0v) is 14.3. The molecule has 0 radical (unpaired) electrons. The maximum absolute atomic E-state index is 12.2. The highest BCUT2D eigenvalue weighted by Gasteiger charge is 2.21. The lowest BCUT2D eigenvalue weighted by Gasteiger charge is -2.05. The summed E-state index contributed by atoms with van der Waals surface area (Å²) < 4.78 is 10.9. The Labute approximate surface area is 140 Å². The molecule has 1 N–H and O–H groups in total. The van der Waals surface area contributed by atoms with E-state index < -0.39 is 0 Å². The first-order chi connectivity index (χ1) is 11.1. The molecule has 1 atom stereocenters. The molecular weight excluding hydrogens is 312 g/mol. The van der Waals surface area contributed by atoms with E-state index in [0.717, 1.165) is 42.2 Å². The first-order valence-corrected chi connectivity index (χ1v) is 8.87. The van der Waals surface area contributed by atoms with E-state index in [1.165, 1.54) is 11.3 Å². The molecule has 1 fully saturated rings. The zero-order chi connectivity index (χ0) is 16.2. The average molecular weight is 334 g/mol. The summed E-state index contributed by atoms with van der Waals surface area (Å²) in [5.41, 5.74) is 0.755. The van der Waals surface area contributed by atoms with Gasteiger partial charge in [-0.3, -0.25) is 4.79 Å². The second-order valence-corrected chi connectivity index (χ2v) is 7.38. The Morgan fingerprint density at radius 2 is 2.35 bits per heavy atom. The molecular formula is C17H22N2O3S. The number of rotatable bonds is 6. The average Bonchev–Trinajstić information content (AvgIpc) is 3.24. The van der Waals surface area contributed by atoms with Crippen LogP contribution in [-0.2, 0) is 17.7 Å². The molecule has 1 aliphatic rings. The molecule has 124 valence electrons. The molecule has 1 aliphatic heterocycles. The number of carbonyl (C=O) groups excluding carboxylic acids is 1. The molecule has 1 saturated heterocycles. The van der Waals surface area contributed by atoms with Gasteiger partial charge in [0.05, 0.1) is 17.5 Å². The number of nitrogens with one attached hydrogen (secondary N) is 1. The van der Waals surface area contributed by atoms with Crippen LogP contribution in [0.25, 0.3) is 0 Å². The topological polar surface area (TPSA) is 64.4 Å². The first kappa shape index (κ1) is 16.2. The normalized spacial score (nSPS) is 17.8. The third kappa shape index (κ3) is 4.20. The van der Waals surface area contributed by atoms with Gasteiger partial charge in [0.2, 0.25) is 0 Å². The molecule has 0 bridgehead atoms. The van der Waals surface area contributed by atoms with Crippen molar-refractivity contribution in [3.05, 3.63) is 39.4 Å². The minimum atomic E-state index is -0.0762. The van der Waals surface area contributed by atoms with Crippen molar-refractivity contribution in [2.45, 2.75) is 45.8 Å². The maximum atomic E-state index is 12.2. The summed E-state index contributed by atoms with van der Waals surface area (Å²) >= 11 is 1.51. The van der Waals surface area contributed by atoms with Crippen LogP contribution in [0.1, 0.15) is 58.8 Å². The van der Waals surface area contributed by atoms with Gasteiger partial charge in [-0.15, -0.1) is 11.3 Å². The lowest BCUT2D eigenvalue weighted by molar-refractivity contribution is 0.0954. The van der Waals surface area contributed by atoms with Gasteiger partial charge in [-0.25, -0.2) is 0 Å². The van der Waals surface area contributed by atoms with Crippen LogP contribution in [-0.4, -0.2) is 17.7 Å². The second kappa shape index (κ2) is 7.27. The molecule has 6 heteroatoms. The van der Waals surface area contributed by atoms with Crippen LogP contribution in [0.15, 0.2) is 22.7 Å². The highest BCUT2D eigenvalue weighted by molar-refractivity contribution is 7.14. The highest BCUT2D eigenvalue weighted by atomic mass is 32.1. The summed E-state index contributed by atoms with van der Waals surface area (Å²) in [6, 6.07) is 5.77. The largest absolute Gasteiger partial charge is 0.373 e. The SMILES string of the molecule is CC(C)Cc1cc(CNC(=O)c2ccc([C@@H]3CCCO3)s2)no1. The van der Waals surface area contributed by atoms with Gasteiger partial charge < -0.3 is 14.6 Å². The van der Waals surface area contributed by atoms with E-state index in [1.54, 1.807) is 0 Å². The monoisotopic (exact) mass is 334 g/mol. The minimum absolute atomic E-state index is 0.0762. The van der Waals surface area contributed by atoms with Gasteiger partial charge in [0, 0.05) is 24.0 Å². The lowest BCUT2D eigenvalue weighted by Crippen LogP contribution is -2.21. The Bertz CT molecular complexity index is 656. The molecule has 0 spiro atoms. The first-order valence-electron chi connectivity index (χ1n) is 8.06. The molecule has 0 aliphatic carbocycles. The number of amides is 1. The van der Waals surface area contributed by atoms with Gasteiger partial charge in [-0.2, -0.15) is 0 Å². The number of carbonyl (C=O) groups is 1. The van der Waals surface area contributed by atoms with E-state index >= 15 is 0 Å². The summed E-state index contributed by atoms with van der Waals surface area (Å²) in [5.74, 6) is 1.31. The Morgan fingerprint density at radius 3 is 3.09 bits per heavy atom. The van der Waals surface area contributed by atoms with Crippen molar-refractivity contribution in [2.24, 2.45) is 5.92 Å². The summed E-state index contributed by atoms with van der Waals surface area (Å²) in [6.45, 7) is 5.46. The van der Waals surface area contributed by atoms with Crippen LogP contribution < -0.4 is 5.32 Å². The molecule has 2 aromatic rings. The Hall–Kier alpha value is -1.66. The molecule has 0 unspecified atom stereocenters. The minimum Gasteiger partial charge on any atom is -0.373 e. The molecule has 5 nitrogen and oxygen atoms in total. The molecule has 2 aromatic heterocycles. The number of hydrogen-bond acceptors (Lipinski definition) is 5. The van der Waals surface area contributed by atoms with Gasteiger partial charge >= 0.3 is 0 Å². The predicted octanol–water partition coefficient (Wildman–Crippen LogP) is 3.72. The van der Waals surface area contributed by atoms with Crippen LogP contribution in [0.3, 0.4) is 0 Å². The van der Waals surface area contributed by atoms with Gasteiger partial charge in [-0.05, 0) is 30.9 Å².